The number of thiophene rings is 1. The van der Waals surface area contributed by atoms with Crippen molar-refractivity contribution in [2.24, 2.45) is 16.6 Å². The third-order valence-corrected chi connectivity index (χ3v) is 7.60. The van der Waals surface area contributed by atoms with E-state index in [1.165, 1.54) is 10.5 Å². The number of hydrogen-bond acceptors (Lipinski definition) is 6. The molecular formula is C25H23N5OS. The summed E-state index contributed by atoms with van der Waals surface area (Å²) in [5.74, 6) is -0.0781. The number of hydrogen-bond donors (Lipinski definition) is 1. The Labute approximate surface area is 191 Å². The van der Waals surface area contributed by atoms with Crippen LogP contribution in [0.25, 0.3) is 11.1 Å². The van der Waals surface area contributed by atoms with Gasteiger partial charge in [0.1, 0.15) is 5.54 Å². The summed E-state index contributed by atoms with van der Waals surface area (Å²) in [7, 11) is 1.69. The second-order valence-corrected chi connectivity index (χ2v) is 9.31. The summed E-state index contributed by atoms with van der Waals surface area (Å²) in [6.45, 7) is 3.25. The standard InChI is InChI=1S/C25H23N5OS/c1-16-6-3-4-9-21(16)30-13-20-23(31)29(2)24(27)28-25(20,15-30)22-11-19(14-32-22)18-8-5-7-17(10-18)12-26/h3-11,14,20H,13,15H2,1-2H3,(H2,27,28)/t20?,25-/m0/s1. The molecule has 0 aliphatic carbocycles. The van der Waals surface area contributed by atoms with Crippen molar-refractivity contribution in [1.29, 1.82) is 5.26 Å². The molecule has 3 heterocycles. The van der Waals surface area contributed by atoms with Crippen molar-refractivity contribution in [2.45, 2.75) is 12.5 Å². The van der Waals surface area contributed by atoms with Crippen LogP contribution in [-0.4, -0.2) is 36.9 Å². The number of nitrogens with zero attached hydrogens (tertiary/aromatic N) is 4. The van der Waals surface area contributed by atoms with Crippen LogP contribution in [0.15, 0.2) is 65.0 Å². The van der Waals surface area contributed by atoms with E-state index in [0.29, 0.717) is 18.7 Å². The van der Waals surface area contributed by atoms with E-state index in [-0.39, 0.29) is 17.8 Å². The van der Waals surface area contributed by atoms with Crippen LogP contribution >= 0.6 is 11.3 Å². The third kappa shape index (κ3) is 3.07. The molecule has 3 aromatic rings. The average molecular weight is 442 g/mol. The molecule has 32 heavy (non-hydrogen) atoms. The van der Waals surface area contributed by atoms with Crippen molar-refractivity contribution in [1.82, 2.24) is 4.90 Å². The number of para-hydroxylation sites is 1. The molecule has 1 fully saturated rings. The van der Waals surface area contributed by atoms with Crippen LogP contribution in [0, 0.1) is 24.2 Å². The highest BCUT2D eigenvalue weighted by Gasteiger charge is 2.56. The van der Waals surface area contributed by atoms with Crippen LogP contribution in [0.4, 0.5) is 5.69 Å². The van der Waals surface area contributed by atoms with Crippen LogP contribution in [-0.2, 0) is 10.3 Å². The first kappa shape index (κ1) is 20.3. The van der Waals surface area contributed by atoms with Crippen LogP contribution in [0.3, 0.4) is 0 Å². The summed E-state index contributed by atoms with van der Waals surface area (Å²) in [5.41, 5.74) is 10.4. The first-order valence-corrected chi connectivity index (χ1v) is 11.3. The Bertz CT molecular complexity index is 1290. The molecule has 2 aliphatic heterocycles. The smallest absolute Gasteiger partial charge is 0.236 e. The molecule has 0 saturated carbocycles. The van der Waals surface area contributed by atoms with Gasteiger partial charge in [0, 0.05) is 30.7 Å². The molecule has 6 nitrogen and oxygen atoms in total. The Kier molecular flexibility index (Phi) is 4.75. The topological polar surface area (TPSA) is 85.7 Å². The maximum absolute atomic E-state index is 13.3. The Morgan fingerprint density at radius 3 is 2.78 bits per heavy atom. The van der Waals surface area contributed by atoms with Crippen LogP contribution in [0.2, 0.25) is 0 Å². The number of guanidine groups is 1. The van der Waals surface area contributed by atoms with Gasteiger partial charge in [0.15, 0.2) is 5.96 Å². The molecule has 2 aromatic carbocycles. The van der Waals surface area contributed by atoms with E-state index in [1.54, 1.807) is 24.5 Å². The fourth-order valence-corrected chi connectivity index (χ4v) is 5.86. The number of carbonyl (C=O) groups is 1. The maximum atomic E-state index is 13.3. The summed E-state index contributed by atoms with van der Waals surface area (Å²) in [6, 6.07) is 20.1. The summed E-state index contributed by atoms with van der Waals surface area (Å²) < 4.78 is 0. The SMILES string of the molecule is Cc1ccccc1N1CC2C(=O)N(C)C(N)=N[C@@]2(c2cc(-c3cccc(C#N)c3)cs2)C1. The minimum absolute atomic E-state index is 0.00462. The van der Waals surface area contributed by atoms with Gasteiger partial charge in [0.2, 0.25) is 5.91 Å². The van der Waals surface area contributed by atoms with Gasteiger partial charge >= 0.3 is 0 Å². The monoisotopic (exact) mass is 441 g/mol. The van der Waals surface area contributed by atoms with Gasteiger partial charge < -0.3 is 10.6 Å². The third-order valence-electron chi connectivity index (χ3n) is 6.51. The molecule has 160 valence electrons. The molecule has 1 unspecified atom stereocenters. The Hall–Kier alpha value is -3.63. The largest absolute Gasteiger partial charge is 0.369 e. The highest BCUT2D eigenvalue weighted by Crippen LogP contribution is 2.48. The number of amides is 1. The highest BCUT2D eigenvalue weighted by atomic mass is 32.1. The molecule has 2 atom stereocenters. The van der Waals surface area contributed by atoms with Gasteiger partial charge in [-0.15, -0.1) is 11.3 Å². The number of aliphatic imine (C=N–C) groups is 1. The molecule has 0 radical (unpaired) electrons. The lowest BCUT2D eigenvalue weighted by Gasteiger charge is -2.36. The lowest BCUT2D eigenvalue weighted by Crippen LogP contribution is -2.54. The van der Waals surface area contributed by atoms with Crippen LogP contribution in [0.1, 0.15) is 16.0 Å². The van der Waals surface area contributed by atoms with E-state index in [9.17, 15) is 10.1 Å². The highest BCUT2D eigenvalue weighted by molar-refractivity contribution is 7.10. The zero-order valence-electron chi connectivity index (χ0n) is 17.9. The fraction of sp³-hybridized carbons (Fsp3) is 0.240. The van der Waals surface area contributed by atoms with Crippen molar-refractivity contribution in [2.75, 3.05) is 25.0 Å². The predicted octanol–water partition coefficient (Wildman–Crippen LogP) is 3.71. The molecule has 1 aromatic heterocycles. The molecule has 2 aliphatic rings. The molecule has 1 saturated heterocycles. The zero-order valence-corrected chi connectivity index (χ0v) is 18.8. The lowest BCUT2D eigenvalue weighted by atomic mass is 9.83. The minimum Gasteiger partial charge on any atom is -0.369 e. The summed E-state index contributed by atoms with van der Waals surface area (Å²) >= 11 is 1.60. The van der Waals surface area contributed by atoms with Gasteiger partial charge in [-0.3, -0.25) is 9.69 Å². The van der Waals surface area contributed by atoms with Crippen molar-refractivity contribution in [3.63, 3.8) is 0 Å². The predicted molar refractivity (Wildman–Crippen MR) is 127 cm³/mol. The number of anilines is 1. The normalized spacial score (nSPS) is 22.5. The van der Waals surface area contributed by atoms with Crippen molar-refractivity contribution < 1.29 is 4.79 Å². The van der Waals surface area contributed by atoms with E-state index >= 15 is 0 Å². The van der Waals surface area contributed by atoms with Gasteiger partial charge in [-0.05, 0) is 53.3 Å². The number of rotatable bonds is 3. The maximum Gasteiger partial charge on any atom is 0.236 e. The Balaban J connectivity index is 1.61. The number of fused-ring (bicyclic) bond motifs is 1. The Morgan fingerprint density at radius 1 is 1.19 bits per heavy atom. The zero-order chi connectivity index (χ0) is 22.5. The van der Waals surface area contributed by atoms with Gasteiger partial charge in [-0.1, -0.05) is 30.3 Å². The van der Waals surface area contributed by atoms with Crippen molar-refractivity contribution in [3.05, 3.63) is 76.0 Å². The van der Waals surface area contributed by atoms with Gasteiger partial charge in [-0.25, -0.2) is 4.99 Å². The number of benzene rings is 2. The molecule has 7 heteroatoms. The molecule has 5 rings (SSSR count). The van der Waals surface area contributed by atoms with Crippen molar-refractivity contribution in [3.8, 4) is 17.2 Å². The summed E-state index contributed by atoms with van der Waals surface area (Å²) in [4.78, 5) is 23.0. The van der Waals surface area contributed by atoms with Crippen LogP contribution < -0.4 is 10.6 Å². The fourth-order valence-electron chi connectivity index (χ4n) is 4.75. The van der Waals surface area contributed by atoms with E-state index in [1.807, 2.05) is 30.3 Å². The number of carbonyl (C=O) groups excluding carboxylic acids is 1. The van der Waals surface area contributed by atoms with E-state index in [2.05, 4.69) is 41.5 Å². The van der Waals surface area contributed by atoms with Crippen LogP contribution in [0.5, 0.6) is 0 Å². The average Bonchev–Trinajstić information content (AvgIpc) is 3.44. The second kappa shape index (κ2) is 7.50. The minimum atomic E-state index is -0.730. The molecule has 1 amide bonds. The summed E-state index contributed by atoms with van der Waals surface area (Å²) in [6.07, 6.45) is 0. The molecule has 2 N–H and O–H groups in total. The van der Waals surface area contributed by atoms with Gasteiger partial charge in [0.25, 0.3) is 0 Å². The first-order valence-electron chi connectivity index (χ1n) is 10.5. The second-order valence-electron chi connectivity index (χ2n) is 8.40. The van der Waals surface area contributed by atoms with Gasteiger partial charge in [-0.2, -0.15) is 5.26 Å². The molecule has 0 bridgehead atoms. The van der Waals surface area contributed by atoms with E-state index in [0.717, 1.165) is 21.7 Å². The lowest BCUT2D eigenvalue weighted by molar-refractivity contribution is -0.132. The van der Waals surface area contributed by atoms with Gasteiger partial charge in [0.05, 0.1) is 17.6 Å². The number of aryl methyl sites for hydroxylation is 1. The molecule has 0 spiro atoms. The van der Waals surface area contributed by atoms with E-state index in [4.69, 9.17) is 10.7 Å². The van der Waals surface area contributed by atoms with E-state index < -0.39 is 5.54 Å². The summed E-state index contributed by atoms with van der Waals surface area (Å²) in [5, 5.41) is 11.3. The quantitative estimate of drug-likeness (QED) is 0.671. The molecular weight excluding hydrogens is 418 g/mol. The Morgan fingerprint density at radius 2 is 2.00 bits per heavy atom. The first-order chi connectivity index (χ1) is 15.4. The number of nitriles is 1. The van der Waals surface area contributed by atoms with Crippen molar-refractivity contribution >= 4 is 28.9 Å². The number of nitrogens with two attached hydrogens (primary N) is 1.